The molecule has 1 amide bonds. The van der Waals surface area contributed by atoms with Gasteiger partial charge < -0.3 is 15.4 Å². The average Bonchev–Trinajstić information content (AvgIpc) is 2.64. The van der Waals surface area contributed by atoms with Gasteiger partial charge in [0.2, 0.25) is 0 Å². The summed E-state index contributed by atoms with van der Waals surface area (Å²) in [7, 11) is 1.33. The maximum atomic E-state index is 13.8. The summed E-state index contributed by atoms with van der Waals surface area (Å²) in [4.78, 5) is 15.4. The highest BCUT2D eigenvalue weighted by Gasteiger charge is 2.05. The molecular formula is C19H18FN3O2. The first kappa shape index (κ1) is 16.7. The number of hydrogen-bond donors (Lipinski definition) is 2. The van der Waals surface area contributed by atoms with E-state index in [9.17, 15) is 9.18 Å². The van der Waals surface area contributed by atoms with Crippen LogP contribution in [0.3, 0.4) is 0 Å². The SMILES string of the molecule is COC(=O)NCc1ccc(NCc2cc(F)cc3cccnc23)cc1. The largest absolute Gasteiger partial charge is 0.453 e. The fraction of sp³-hybridized carbons (Fsp3) is 0.158. The number of nitrogens with zero attached hydrogens (tertiary/aromatic N) is 1. The molecular weight excluding hydrogens is 321 g/mol. The molecule has 0 aliphatic rings. The maximum Gasteiger partial charge on any atom is 0.407 e. The normalized spacial score (nSPS) is 10.5. The molecule has 1 heterocycles. The second-order valence-corrected chi connectivity index (χ2v) is 5.54. The van der Waals surface area contributed by atoms with Crippen molar-refractivity contribution in [1.29, 1.82) is 0 Å². The number of anilines is 1. The quantitative estimate of drug-likeness (QED) is 0.741. The van der Waals surface area contributed by atoms with Gasteiger partial charge in [-0.1, -0.05) is 18.2 Å². The predicted octanol–water partition coefficient (Wildman–Crippen LogP) is 3.84. The van der Waals surface area contributed by atoms with Gasteiger partial charge in [-0.05, 0) is 35.9 Å². The molecule has 0 aliphatic carbocycles. The third kappa shape index (κ3) is 4.23. The van der Waals surface area contributed by atoms with Crippen molar-refractivity contribution >= 4 is 22.7 Å². The summed E-state index contributed by atoms with van der Waals surface area (Å²) in [6.45, 7) is 0.858. The van der Waals surface area contributed by atoms with Crippen molar-refractivity contribution in [1.82, 2.24) is 10.3 Å². The Morgan fingerprint density at radius 3 is 2.72 bits per heavy atom. The number of benzene rings is 2. The van der Waals surface area contributed by atoms with Gasteiger partial charge in [0.25, 0.3) is 0 Å². The zero-order valence-electron chi connectivity index (χ0n) is 13.8. The lowest BCUT2D eigenvalue weighted by Crippen LogP contribution is -2.22. The highest BCUT2D eigenvalue weighted by Crippen LogP contribution is 2.20. The van der Waals surface area contributed by atoms with Gasteiger partial charge in [-0.15, -0.1) is 0 Å². The van der Waals surface area contributed by atoms with Crippen LogP contribution in [0, 0.1) is 5.82 Å². The number of rotatable bonds is 5. The molecule has 0 spiro atoms. The van der Waals surface area contributed by atoms with E-state index in [4.69, 9.17) is 0 Å². The predicted molar refractivity (Wildman–Crippen MR) is 94.7 cm³/mol. The van der Waals surface area contributed by atoms with E-state index in [0.717, 1.165) is 27.7 Å². The number of fused-ring (bicyclic) bond motifs is 1. The molecule has 3 rings (SSSR count). The van der Waals surface area contributed by atoms with E-state index >= 15 is 0 Å². The van der Waals surface area contributed by atoms with Crippen LogP contribution in [0.1, 0.15) is 11.1 Å². The van der Waals surface area contributed by atoms with Crippen LogP contribution in [-0.2, 0) is 17.8 Å². The first-order valence-corrected chi connectivity index (χ1v) is 7.83. The molecule has 1 aromatic heterocycles. The van der Waals surface area contributed by atoms with Crippen LogP contribution < -0.4 is 10.6 Å². The van der Waals surface area contributed by atoms with Crippen molar-refractivity contribution in [2.75, 3.05) is 12.4 Å². The number of nitrogens with one attached hydrogen (secondary N) is 2. The topological polar surface area (TPSA) is 63.2 Å². The number of carbonyl (C=O) groups excluding carboxylic acids is 1. The van der Waals surface area contributed by atoms with Gasteiger partial charge >= 0.3 is 6.09 Å². The standard InChI is InChI=1S/C19H18FN3O2/c1-25-19(24)23-11-13-4-6-17(7-5-13)22-12-15-10-16(20)9-14-3-2-8-21-18(14)15/h2-10,22H,11-12H2,1H3,(H,23,24). The van der Waals surface area contributed by atoms with Crippen molar-refractivity contribution in [3.05, 3.63) is 71.7 Å². The molecule has 2 N–H and O–H groups in total. The Morgan fingerprint density at radius 2 is 1.96 bits per heavy atom. The molecule has 25 heavy (non-hydrogen) atoms. The summed E-state index contributed by atoms with van der Waals surface area (Å²) in [5.41, 5.74) is 3.44. The minimum atomic E-state index is -0.465. The van der Waals surface area contributed by atoms with Crippen molar-refractivity contribution in [3.8, 4) is 0 Å². The highest BCUT2D eigenvalue weighted by atomic mass is 19.1. The van der Waals surface area contributed by atoms with E-state index in [1.807, 2.05) is 30.3 Å². The van der Waals surface area contributed by atoms with Gasteiger partial charge in [-0.2, -0.15) is 0 Å². The molecule has 2 aromatic carbocycles. The number of aromatic nitrogens is 1. The Morgan fingerprint density at radius 1 is 1.16 bits per heavy atom. The van der Waals surface area contributed by atoms with Crippen LogP contribution in [0.2, 0.25) is 0 Å². The summed E-state index contributed by atoms with van der Waals surface area (Å²) >= 11 is 0. The van der Waals surface area contributed by atoms with Crippen LogP contribution in [0.5, 0.6) is 0 Å². The van der Waals surface area contributed by atoms with Gasteiger partial charge in [0, 0.05) is 35.9 Å². The lowest BCUT2D eigenvalue weighted by atomic mass is 10.1. The third-order valence-corrected chi connectivity index (χ3v) is 3.81. The zero-order valence-corrected chi connectivity index (χ0v) is 13.8. The fourth-order valence-corrected chi connectivity index (χ4v) is 2.55. The minimum Gasteiger partial charge on any atom is -0.453 e. The Labute approximate surface area is 144 Å². The van der Waals surface area contributed by atoms with Crippen LogP contribution in [0.4, 0.5) is 14.9 Å². The van der Waals surface area contributed by atoms with Gasteiger partial charge in [0.05, 0.1) is 12.6 Å². The second-order valence-electron chi connectivity index (χ2n) is 5.54. The summed E-state index contributed by atoms with van der Waals surface area (Å²) in [5, 5.41) is 6.67. The first-order valence-electron chi connectivity index (χ1n) is 7.83. The van der Waals surface area contributed by atoms with Crippen LogP contribution in [0.15, 0.2) is 54.7 Å². The fourth-order valence-electron chi connectivity index (χ4n) is 2.55. The van der Waals surface area contributed by atoms with Gasteiger partial charge in [0.15, 0.2) is 0 Å². The number of amides is 1. The molecule has 128 valence electrons. The van der Waals surface area contributed by atoms with Crippen molar-refractivity contribution in [2.24, 2.45) is 0 Å². The molecule has 0 saturated heterocycles. The van der Waals surface area contributed by atoms with E-state index in [2.05, 4.69) is 20.4 Å². The van der Waals surface area contributed by atoms with Gasteiger partial charge in [-0.25, -0.2) is 9.18 Å². The lowest BCUT2D eigenvalue weighted by Gasteiger charge is -2.10. The van der Waals surface area contributed by atoms with Gasteiger partial charge in [0.1, 0.15) is 5.82 Å². The van der Waals surface area contributed by atoms with E-state index in [1.54, 1.807) is 12.3 Å². The van der Waals surface area contributed by atoms with Crippen molar-refractivity contribution < 1.29 is 13.9 Å². The van der Waals surface area contributed by atoms with Crippen LogP contribution in [-0.4, -0.2) is 18.2 Å². The van der Waals surface area contributed by atoms with Gasteiger partial charge in [-0.3, -0.25) is 4.98 Å². The smallest absolute Gasteiger partial charge is 0.407 e. The summed E-state index contributed by atoms with van der Waals surface area (Å²) in [6, 6.07) is 14.2. The molecule has 3 aromatic rings. The molecule has 0 unspecified atom stereocenters. The lowest BCUT2D eigenvalue weighted by molar-refractivity contribution is 0.170. The van der Waals surface area contributed by atoms with E-state index in [0.29, 0.717) is 13.1 Å². The number of ether oxygens (including phenoxy) is 1. The van der Waals surface area contributed by atoms with E-state index < -0.39 is 6.09 Å². The molecule has 6 heteroatoms. The first-order chi connectivity index (χ1) is 12.2. The maximum absolute atomic E-state index is 13.8. The Balaban J connectivity index is 1.67. The van der Waals surface area contributed by atoms with Crippen LogP contribution in [0.25, 0.3) is 10.9 Å². The molecule has 0 radical (unpaired) electrons. The highest BCUT2D eigenvalue weighted by molar-refractivity contribution is 5.82. The van der Waals surface area contributed by atoms with E-state index in [-0.39, 0.29) is 5.82 Å². The number of halogens is 1. The molecule has 0 atom stereocenters. The minimum absolute atomic E-state index is 0.276. The third-order valence-electron chi connectivity index (χ3n) is 3.81. The summed E-state index contributed by atoms with van der Waals surface area (Å²) < 4.78 is 18.3. The van der Waals surface area contributed by atoms with Crippen LogP contribution >= 0.6 is 0 Å². The average molecular weight is 339 g/mol. The molecule has 0 fully saturated rings. The Bertz CT molecular complexity index is 881. The monoisotopic (exact) mass is 339 g/mol. The number of pyridine rings is 1. The number of carbonyl (C=O) groups is 1. The van der Waals surface area contributed by atoms with Crippen molar-refractivity contribution in [3.63, 3.8) is 0 Å². The Kier molecular flexibility index (Phi) is 5.09. The molecule has 0 saturated carbocycles. The molecule has 0 aliphatic heterocycles. The second kappa shape index (κ2) is 7.61. The molecule has 5 nitrogen and oxygen atoms in total. The summed E-state index contributed by atoms with van der Waals surface area (Å²) in [6.07, 6.45) is 1.24. The number of methoxy groups -OCH3 is 1. The number of alkyl carbamates (subject to hydrolysis) is 1. The van der Waals surface area contributed by atoms with E-state index in [1.165, 1.54) is 19.2 Å². The number of hydrogen-bond acceptors (Lipinski definition) is 4. The molecule has 0 bridgehead atoms. The Hall–Kier alpha value is -3.15. The zero-order chi connectivity index (χ0) is 17.6. The van der Waals surface area contributed by atoms with Crippen molar-refractivity contribution in [2.45, 2.75) is 13.1 Å². The summed E-state index contributed by atoms with van der Waals surface area (Å²) in [5.74, 6) is -0.276.